The van der Waals surface area contributed by atoms with Crippen molar-refractivity contribution in [2.45, 2.75) is 59.1 Å². The van der Waals surface area contributed by atoms with E-state index < -0.39 is 6.10 Å². The van der Waals surface area contributed by atoms with Gasteiger partial charge in [0.05, 0.1) is 12.7 Å². The van der Waals surface area contributed by atoms with Gasteiger partial charge in [-0.1, -0.05) is 27.7 Å². The molecule has 0 aromatic heterocycles. The van der Waals surface area contributed by atoms with Crippen molar-refractivity contribution in [1.29, 1.82) is 0 Å². The zero-order valence-corrected chi connectivity index (χ0v) is 11.6. The van der Waals surface area contributed by atoms with Crippen LogP contribution in [0.4, 0.5) is 0 Å². The average molecular weight is 231 g/mol. The van der Waals surface area contributed by atoms with Crippen LogP contribution >= 0.6 is 0 Å². The zero-order valence-electron chi connectivity index (χ0n) is 11.6. The smallest absolute Gasteiger partial charge is 0.0956 e. The van der Waals surface area contributed by atoms with E-state index >= 15 is 0 Å². The molecule has 0 radical (unpaired) electrons. The molecule has 0 fully saturated rings. The highest BCUT2D eigenvalue weighted by molar-refractivity contribution is 4.94. The molecule has 0 aromatic carbocycles. The third-order valence-corrected chi connectivity index (χ3v) is 3.72. The first-order valence-electron chi connectivity index (χ1n) is 6.63. The summed E-state index contributed by atoms with van der Waals surface area (Å²) in [6, 6.07) is 0. The highest BCUT2D eigenvalue weighted by atomic mass is 16.5. The van der Waals surface area contributed by atoms with Gasteiger partial charge >= 0.3 is 0 Å². The summed E-state index contributed by atoms with van der Waals surface area (Å²) in [5.41, 5.74) is -0.126. The first kappa shape index (κ1) is 15.9. The standard InChI is InChI=1S/C13H29NO2/c1-6-13(7-2,14(8-3)9-4)12(15)11-16-10-5/h12,15H,6-11H2,1-5H3. The highest BCUT2D eigenvalue weighted by Crippen LogP contribution is 2.28. The van der Waals surface area contributed by atoms with Gasteiger partial charge in [-0.3, -0.25) is 4.90 Å². The molecule has 0 aromatic rings. The number of rotatable bonds is 9. The monoisotopic (exact) mass is 231 g/mol. The van der Waals surface area contributed by atoms with Gasteiger partial charge in [0.2, 0.25) is 0 Å². The molecule has 16 heavy (non-hydrogen) atoms. The van der Waals surface area contributed by atoms with Crippen molar-refractivity contribution in [2.75, 3.05) is 26.3 Å². The maximum atomic E-state index is 10.4. The molecule has 0 amide bonds. The third kappa shape index (κ3) is 3.44. The van der Waals surface area contributed by atoms with E-state index in [9.17, 15) is 5.11 Å². The second-order valence-corrected chi connectivity index (χ2v) is 4.16. The van der Waals surface area contributed by atoms with E-state index in [2.05, 4.69) is 32.6 Å². The fourth-order valence-electron chi connectivity index (χ4n) is 2.62. The van der Waals surface area contributed by atoms with Crippen LogP contribution in [0.25, 0.3) is 0 Å². The summed E-state index contributed by atoms with van der Waals surface area (Å²) in [5.74, 6) is 0. The molecule has 1 N–H and O–H groups in total. The van der Waals surface area contributed by atoms with E-state index in [0.29, 0.717) is 13.2 Å². The number of likely N-dealkylation sites (N-methyl/N-ethyl adjacent to an activating group) is 1. The number of ether oxygens (including phenoxy) is 1. The van der Waals surface area contributed by atoms with Crippen molar-refractivity contribution in [3.63, 3.8) is 0 Å². The van der Waals surface area contributed by atoms with Crippen molar-refractivity contribution in [3.8, 4) is 0 Å². The lowest BCUT2D eigenvalue weighted by atomic mass is 9.84. The Kier molecular flexibility index (Phi) is 7.98. The Morgan fingerprint density at radius 3 is 1.88 bits per heavy atom. The van der Waals surface area contributed by atoms with Gasteiger partial charge < -0.3 is 9.84 Å². The van der Waals surface area contributed by atoms with Crippen molar-refractivity contribution in [1.82, 2.24) is 4.90 Å². The Labute approximate surface area is 101 Å². The molecule has 0 saturated heterocycles. The summed E-state index contributed by atoms with van der Waals surface area (Å²) in [5, 5.41) is 10.4. The van der Waals surface area contributed by atoms with Gasteiger partial charge in [0.25, 0.3) is 0 Å². The number of hydrogen-bond donors (Lipinski definition) is 1. The van der Waals surface area contributed by atoms with Crippen LogP contribution in [0, 0.1) is 0 Å². The SMILES string of the molecule is CCOCC(O)C(CC)(CC)N(CC)CC. The molecule has 98 valence electrons. The van der Waals surface area contributed by atoms with E-state index in [1.54, 1.807) is 0 Å². The molecular weight excluding hydrogens is 202 g/mol. The van der Waals surface area contributed by atoms with Crippen LogP contribution in [0.1, 0.15) is 47.5 Å². The van der Waals surface area contributed by atoms with E-state index in [1.165, 1.54) is 0 Å². The maximum absolute atomic E-state index is 10.4. The summed E-state index contributed by atoms with van der Waals surface area (Å²) in [4.78, 5) is 2.36. The first-order valence-corrected chi connectivity index (χ1v) is 6.63. The molecule has 0 spiro atoms. The number of aliphatic hydroxyl groups excluding tert-OH is 1. The molecule has 0 rings (SSSR count). The van der Waals surface area contributed by atoms with Crippen LogP contribution in [-0.4, -0.2) is 48.0 Å². The lowest BCUT2D eigenvalue weighted by molar-refractivity contribution is -0.0734. The molecular formula is C13H29NO2. The minimum Gasteiger partial charge on any atom is -0.389 e. The second kappa shape index (κ2) is 8.04. The van der Waals surface area contributed by atoms with Crippen LogP contribution in [0.2, 0.25) is 0 Å². The largest absolute Gasteiger partial charge is 0.389 e. The van der Waals surface area contributed by atoms with Crippen molar-refractivity contribution >= 4 is 0 Å². The normalized spacial score (nSPS) is 14.4. The Balaban J connectivity index is 4.76. The number of nitrogens with zero attached hydrogens (tertiary/aromatic N) is 1. The van der Waals surface area contributed by atoms with E-state index in [-0.39, 0.29) is 5.54 Å². The zero-order chi connectivity index (χ0) is 12.6. The maximum Gasteiger partial charge on any atom is 0.0956 e. The van der Waals surface area contributed by atoms with Gasteiger partial charge in [0, 0.05) is 12.1 Å². The molecule has 0 aliphatic rings. The Hall–Kier alpha value is -0.120. The number of aliphatic hydroxyl groups is 1. The van der Waals surface area contributed by atoms with E-state index in [1.807, 2.05) is 6.92 Å². The lowest BCUT2D eigenvalue weighted by Gasteiger charge is -2.45. The molecule has 3 heteroatoms. The summed E-state index contributed by atoms with van der Waals surface area (Å²) in [6.07, 6.45) is 1.51. The van der Waals surface area contributed by atoms with Crippen LogP contribution < -0.4 is 0 Å². The third-order valence-electron chi connectivity index (χ3n) is 3.72. The highest BCUT2D eigenvalue weighted by Gasteiger charge is 2.38. The molecule has 0 aliphatic heterocycles. The van der Waals surface area contributed by atoms with Gasteiger partial charge in [0.1, 0.15) is 0 Å². The van der Waals surface area contributed by atoms with E-state index in [0.717, 1.165) is 25.9 Å². The summed E-state index contributed by atoms with van der Waals surface area (Å²) in [7, 11) is 0. The molecule has 1 atom stereocenters. The Morgan fingerprint density at radius 2 is 1.56 bits per heavy atom. The van der Waals surface area contributed by atoms with Crippen LogP contribution in [0.3, 0.4) is 0 Å². The van der Waals surface area contributed by atoms with Crippen LogP contribution in [-0.2, 0) is 4.74 Å². The predicted molar refractivity (Wildman–Crippen MR) is 68.7 cm³/mol. The molecule has 0 aliphatic carbocycles. The summed E-state index contributed by atoms with van der Waals surface area (Å²) < 4.78 is 5.37. The van der Waals surface area contributed by atoms with Crippen LogP contribution in [0.15, 0.2) is 0 Å². The van der Waals surface area contributed by atoms with Gasteiger partial charge in [-0.25, -0.2) is 0 Å². The second-order valence-electron chi connectivity index (χ2n) is 4.16. The van der Waals surface area contributed by atoms with Crippen molar-refractivity contribution in [2.24, 2.45) is 0 Å². The number of hydrogen-bond acceptors (Lipinski definition) is 3. The Morgan fingerprint density at radius 1 is 1.06 bits per heavy atom. The average Bonchev–Trinajstić information content (AvgIpc) is 2.33. The van der Waals surface area contributed by atoms with Crippen LogP contribution in [0.5, 0.6) is 0 Å². The van der Waals surface area contributed by atoms with Gasteiger partial charge in [-0.15, -0.1) is 0 Å². The van der Waals surface area contributed by atoms with Gasteiger partial charge in [-0.2, -0.15) is 0 Å². The van der Waals surface area contributed by atoms with E-state index in [4.69, 9.17) is 4.74 Å². The molecule has 3 nitrogen and oxygen atoms in total. The quantitative estimate of drug-likeness (QED) is 0.661. The molecule has 0 saturated carbocycles. The van der Waals surface area contributed by atoms with Crippen molar-refractivity contribution < 1.29 is 9.84 Å². The molecule has 1 unspecified atom stereocenters. The minimum absolute atomic E-state index is 0.126. The van der Waals surface area contributed by atoms with Gasteiger partial charge in [0.15, 0.2) is 0 Å². The predicted octanol–water partition coefficient (Wildman–Crippen LogP) is 2.28. The molecule has 0 heterocycles. The fraction of sp³-hybridized carbons (Fsp3) is 1.00. The topological polar surface area (TPSA) is 32.7 Å². The summed E-state index contributed by atoms with van der Waals surface area (Å²) >= 11 is 0. The minimum atomic E-state index is -0.401. The van der Waals surface area contributed by atoms with Crippen molar-refractivity contribution in [3.05, 3.63) is 0 Å². The fourth-order valence-corrected chi connectivity index (χ4v) is 2.62. The van der Waals surface area contributed by atoms with Gasteiger partial charge in [-0.05, 0) is 32.9 Å². The summed E-state index contributed by atoms with van der Waals surface area (Å²) in [6.45, 7) is 13.6. The Bertz CT molecular complexity index is 165. The molecule has 0 bridgehead atoms. The lowest BCUT2D eigenvalue weighted by Crippen LogP contribution is -2.57. The first-order chi connectivity index (χ1) is 7.62.